The van der Waals surface area contributed by atoms with Gasteiger partial charge in [0, 0.05) is 31.4 Å². The van der Waals surface area contributed by atoms with E-state index in [1.165, 1.54) is 25.5 Å². The molecule has 2 N–H and O–H groups in total. The van der Waals surface area contributed by atoms with E-state index < -0.39 is 9.84 Å². The van der Waals surface area contributed by atoms with Crippen molar-refractivity contribution in [3.8, 4) is 0 Å². The zero-order valence-corrected chi connectivity index (χ0v) is 12.7. The lowest BCUT2D eigenvalue weighted by atomic mass is 9.69. The smallest absolute Gasteiger partial charge is 0.290 e. The van der Waals surface area contributed by atoms with Gasteiger partial charge in [-0.2, -0.15) is 0 Å². The largest absolute Gasteiger partial charge is 0.483 e. The van der Waals surface area contributed by atoms with Crippen LogP contribution in [0.2, 0.25) is 0 Å². The second-order valence-corrected chi connectivity index (χ2v) is 7.45. The van der Waals surface area contributed by atoms with Crippen LogP contribution in [0, 0.1) is 5.41 Å². The highest BCUT2D eigenvalue weighted by molar-refractivity contribution is 7.90. The molecule has 6 nitrogen and oxygen atoms in total. The van der Waals surface area contributed by atoms with Crippen molar-refractivity contribution >= 4 is 16.3 Å². The number of nitrogens with one attached hydrogen (secondary N) is 1. The Kier molecular flexibility index (Phi) is 8.20. The van der Waals surface area contributed by atoms with E-state index in [1.54, 1.807) is 7.11 Å². The van der Waals surface area contributed by atoms with Crippen molar-refractivity contribution in [1.29, 1.82) is 0 Å². The molecule has 0 aliphatic heterocycles. The van der Waals surface area contributed by atoms with Gasteiger partial charge in [0.15, 0.2) is 0 Å². The van der Waals surface area contributed by atoms with Gasteiger partial charge in [0.2, 0.25) is 0 Å². The van der Waals surface area contributed by atoms with Gasteiger partial charge in [-0.3, -0.25) is 4.79 Å². The van der Waals surface area contributed by atoms with Crippen molar-refractivity contribution in [3.63, 3.8) is 0 Å². The summed E-state index contributed by atoms with van der Waals surface area (Å²) in [6.45, 7) is 3.29. The average Bonchev–Trinajstić information content (AvgIpc) is 2.20. The molecule has 0 bridgehead atoms. The number of hydrogen-bond acceptors (Lipinski definition) is 5. The molecule has 1 unspecified atom stereocenters. The number of sulfone groups is 1. The van der Waals surface area contributed by atoms with E-state index in [0.717, 1.165) is 13.2 Å². The van der Waals surface area contributed by atoms with E-state index in [0.29, 0.717) is 0 Å². The van der Waals surface area contributed by atoms with Crippen LogP contribution in [0.3, 0.4) is 0 Å². The molecule has 114 valence electrons. The predicted molar refractivity (Wildman–Crippen MR) is 74.0 cm³/mol. The normalized spacial score (nSPS) is 18.7. The molecular formula is C12H25NO5S. The quantitative estimate of drug-likeness (QED) is 0.665. The molecule has 1 fully saturated rings. The van der Waals surface area contributed by atoms with Gasteiger partial charge in [0.1, 0.15) is 9.84 Å². The third-order valence-corrected chi connectivity index (χ3v) is 4.35. The average molecular weight is 295 g/mol. The zero-order valence-electron chi connectivity index (χ0n) is 11.9. The van der Waals surface area contributed by atoms with E-state index in [1.807, 2.05) is 6.92 Å². The summed E-state index contributed by atoms with van der Waals surface area (Å²) in [7, 11) is -1.16. The second kappa shape index (κ2) is 8.50. The standard InChI is InChI=1S/C11H23NO3S.CH2O2/c1-10(7-16(3,13)14)12-8-11(9-15-2)5-4-6-11;2-1-3/h10,12H,4-9H2,1-3H3;1H,(H,2,3). The minimum Gasteiger partial charge on any atom is -0.483 e. The lowest BCUT2D eigenvalue weighted by Gasteiger charge is -2.42. The monoisotopic (exact) mass is 295 g/mol. The first kappa shape index (κ1) is 18.3. The van der Waals surface area contributed by atoms with E-state index in [4.69, 9.17) is 14.6 Å². The molecule has 19 heavy (non-hydrogen) atoms. The van der Waals surface area contributed by atoms with E-state index >= 15 is 0 Å². The lowest BCUT2D eigenvalue weighted by Crippen LogP contribution is -2.47. The molecule has 0 aromatic rings. The third-order valence-electron chi connectivity index (χ3n) is 3.24. The molecule has 1 aliphatic carbocycles. The molecule has 7 heteroatoms. The number of carboxylic acid groups (broad SMARTS) is 1. The molecule has 0 amide bonds. The van der Waals surface area contributed by atoms with Crippen molar-refractivity contribution < 1.29 is 23.1 Å². The van der Waals surface area contributed by atoms with Gasteiger partial charge >= 0.3 is 0 Å². The highest BCUT2D eigenvalue weighted by atomic mass is 32.2. The van der Waals surface area contributed by atoms with Gasteiger partial charge in [0.25, 0.3) is 6.47 Å². The van der Waals surface area contributed by atoms with Crippen LogP contribution < -0.4 is 5.32 Å². The van der Waals surface area contributed by atoms with Crippen LogP contribution in [-0.4, -0.2) is 58.3 Å². The molecule has 0 heterocycles. The van der Waals surface area contributed by atoms with Crippen molar-refractivity contribution in [2.75, 3.05) is 32.3 Å². The minimum absolute atomic E-state index is 0.0179. The molecular weight excluding hydrogens is 270 g/mol. The van der Waals surface area contributed by atoms with Gasteiger partial charge in [-0.25, -0.2) is 8.42 Å². The molecule has 1 rings (SSSR count). The molecule has 1 atom stereocenters. The summed E-state index contributed by atoms with van der Waals surface area (Å²) < 4.78 is 27.4. The Morgan fingerprint density at radius 3 is 2.32 bits per heavy atom. The van der Waals surface area contributed by atoms with Gasteiger partial charge in [-0.15, -0.1) is 0 Å². The molecule has 0 saturated heterocycles. The topological polar surface area (TPSA) is 92.7 Å². The Balaban J connectivity index is 0.000000982. The Morgan fingerprint density at radius 1 is 1.47 bits per heavy atom. The Hall–Kier alpha value is -0.660. The Morgan fingerprint density at radius 2 is 2.00 bits per heavy atom. The number of rotatable bonds is 7. The molecule has 0 spiro atoms. The predicted octanol–water partition coefficient (Wildman–Crippen LogP) is 0.527. The van der Waals surface area contributed by atoms with Crippen molar-refractivity contribution in [2.24, 2.45) is 5.41 Å². The molecule has 1 saturated carbocycles. The van der Waals surface area contributed by atoms with Gasteiger partial charge < -0.3 is 15.2 Å². The van der Waals surface area contributed by atoms with Crippen LogP contribution in [0.15, 0.2) is 0 Å². The number of methoxy groups -OCH3 is 1. The first-order valence-electron chi connectivity index (χ1n) is 6.26. The van der Waals surface area contributed by atoms with Gasteiger partial charge in [-0.05, 0) is 19.8 Å². The number of hydrogen-bond donors (Lipinski definition) is 2. The maximum absolute atomic E-state index is 11.1. The Labute approximate surface area is 115 Å². The maximum Gasteiger partial charge on any atom is 0.290 e. The van der Waals surface area contributed by atoms with E-state index in [-0.39, 0.29) is 23.7 Å². The first-order valence-corrected chi connectivity index (χ1v) is 8.32. The summed E-state index contributed by atoms with van der Waals surface area (Å²) in [5.74, 6) is 0.204. The minimum atomic E-state index is -2.89. The van der Waals surface area contributed by atoms with Crippen LogP contribution >= 0.6 is 0 Å². The number of ether oxygens (including phenoxy) is 1. The van der Waals surface area contributed by atoms with E-state index in [9.17, 15) is 8.42 Å². The maximum atomic E-state index is 11.1. The molecule has 0 aromatic heterocycles. The highest BCUT2D eigenvalue weighted by Crippen LogP contribution is 2.40. The molecule has 0 aromatic carbocycles. The van der Waals surface area contributed by atoms with Crippen LogP contribution in [0.4, 0.5) is 0 Å². The SMILES string of the molecule is COCC1(CNC(C)CS(C)(=O)=O)CCC1.O=CO. The van der Waals surface area contributed by atoms with Gasteiger partial charge in [-0.1, -0.05) is 6.42 Å². The molecule has 1 aliphatic rings. The van der Waals surface area contributed by atoms with Crippen LogP contribution in [0.5, 0.6) is 0 Å². The fourth-order valence-corrected chi connectivity index (χ4v) is 3.28. The fraction of sp³-hybridized carbons (Fsp3) is 0.917. The fourth-order valence-electron chi connectivity index (χ4n) is 2.26. The van der Waals surface area contributed by atoms with Gasteiger partial charge in [0.05, 0.1) is 12.4 Å². The van der Waals surface area contributed by atoms with Crippen molar-refractivity contribution in [1.82, 2.24) is 5.32 Å². The first-order chi connectivity index (χ1) is 8.78. The summed E-state index contributed by atoms with van der Waals surface area (Å²) in [5.41, 5.74) is 0.251. The lowest BCUT2D eigenvalue weighted by molar-refractivity contribution is -0.122. The van der Waals surface area contributed by atoms with Crippen LogP contribution in [-0.2, 0) is 19.4 Å². The molecule has 0 radical (unpaired) electrons. The van der Waals surface area contributed by atoms with Crippen LogP contribution in [0.1, 0.15) is 26.2 Å². The van der Waals surface area contributed by atoms with Crippen molar-refractivity contribution in [3.05, 3.63) is 0 Å². The summed E-state index contributed by atoms with van der Waals surface area (Å²) in [4.78, 5) is 8.36. The third kappa shape index (κ3) is 8.18. The highest BCUT2D eigenvalue weighted by Gasteiger charge is 2.36. The second-order valence-electron chi connectivity index (χ2n) is 5.27. The summed E-state index contributed by atoms with van der Waals surface area (Å²) in [6.07, 6.45) is 4.89. The number of carbonyl (C=O) groups is 1. The van der Waals surface area contributed by atoms with Crippen LogP contribution in [0.25, 0.3) is 0 Å². The summed E-state index contributed by atoms with van der Waals surface area (Å²) >= 11 is 0. The zero-order chi connectivity index (χ0) is 14.9. The van der Waals surface area contributed by atoms with E-state index in [2.05, 4.69) is 5.32 Å². The Bertz CT molecular complexity index is 351. The summed E-state index contributed by atoms with van der Waals surface area (Å²) in [5, 5.41) is 10.2. The van der Waals surface area contributed by atoms with Crippen molar-refractivity contribution in [2.45, 2.75) is 32.2 Å². The summed E-state index contributed by atoms with van der Waals surface area (Å²) in [6, 6.07) is 0.0179.